The van der Waals surface area contributed by atoms with Gasteiger partial charge >= 0.3 is 0 Å². The molecule has 0 spiro atoms. The molecule has 0 aromatic rings. The van der Waals surface area contributed by atoms with E-state index in [1.54, 1.807) is 0 Å². The van der Waals surface area contributed by atoms with E-state index in [9.17, 15) is 4.79 Å². The second-order valence-corrected chi connectivity index (χ2v) is 6.11. The maximum Gasteiger partial charge on any atom is 0.290 e. The van der Waals surface area contributed by atoms with Crippen LogP contribution in [0.4, 0.5) is 0 Å². The number of rotatable bonds is 6. The summed E-state index contributed by atoms with van der Waals surface area (Å²) >= 11 is 0. The number of hydrogen-bond donors (Lipinski definition) is 2. The summed E-state index contributed by atoms with van der Waals surface area (Å²) in [5.74, 6) is 0.0583. The Balaban J connectivity index is 0.000000745. The Kier molecular flexibility index (Phi) is 9.08. The van der Waals surface area contributed by atoms with Crippen LogP contribution in [0, 0.1) is 0 Å². The normalized spacial score (nSPS) is 20.8. The van der Waals surface area contributed by atoms with Crippen molar-refractivity contribution >= 4 is 12.4 Å². The van der Waals surface area contributed by atoms with Gasteiger partial charge in [-0.3, -0.25) is 9.59 Å². The maximum atomic E-state index is 12.0. The van der Waals surface area contributed by atoms with Gasteiger partial charge in [-0.05, 0) is 45.7 Å². The Morgan fingerprint density at radius 1 is 1.23 bits per heavy atom. The van der Waals surface area contributed by atoms with Crippen LogP contribution < -0.4 is 5.32 Å². The smallest absolute Gasteiger partial charge is 0.290 e. The molecule has 0 bridgehead atoms. The van der Waals surface area contributed by atoms with E-state index in [1.807, 2.05) is 6.92 Å². The second kappa shape index (κ2) is 10.6. The summed E-state index contributed by atoms with van der Waals surface area (Å²) < 4.78 is 5.23. The van der Waals surface area contributed by atoms with Crippen LogP contribution >= 0.6 is 0 Å². The van der Waals surface area contributed by atoms with Crippen LogP contribution in [0.2, 0.25) is 0 Å². The van der Waals surface area contributed by atoms with Crippen molar-refractivity contribution in [3.63, 3.8) is 0 Å². The molecule has 0 aromatic heterocycles. The molecule has 1 aliphatic carbocycles. The van der Waals surface area contributed by atoms with Gasteiger partial charge in [0.15, 0.2) is 0 Å². The van der Waals surface area contributed by atoms with Crippen LogP contribution in [0.25, 0.3) is 0 Å². The van der Waals surface area contributed by atoms with Gasteiger partial charge in [0.05, 0.1) is 5.54 Å². The molecule has 0 unspecified atom stereocenters. The lowest BCUT2D eigenvalue weighted by Crippen LogP contribution is -2.57. The largest absolute Gasteiger partial charge is 0.483 e. The predicted octanol–water partition coefficient (Wildman–Crippen LogP) is 1.64. The molecule has 2 rings (SSSR count). The summed E-state index contributed by atoms with van der Waals surface area (Å²) in [6.07, 6.45) is 8.66. The fraction of sp³-hybridized carbons (Fsp3) is 0.875. The fourth-order valence-electron chi connectivity index (χ4n) is 3.45. The summed E-state index contributed by atoms with van der Waals surface area (Å²) in [6, 6.07) is 0. The van der Waals surface area contributed by atoms with E-state index in [1.165, 1.54) is 45.2 Å². The van der Waals surface area contributed by atoms with E-state index in [2.05, 4.69) is 10.2 Å². The molecule has 6 nitrogen and oxygen atoms in total. The third-order valence-corrected chi connectivity index (χ3v) is 4.38. The first-order valence-electron chi connectivity index (χ1n) is 8.35. The minimum atomic E-state index is -0.250. The number of hydrogen-bond acceptors (Lipinski definition) is 4. The summed E-state index contributed by atoms with van der Waals surface area (Å²) in [7, 11) is 0. The molecule has 22 heavy (non-hydrogen) atoms. The number of nitrogens with one attached hydrogen (secondary N) is 1. The number of carbonyl (C=O) groups excluding carboxylic acids is 1. The minimum Gasteiger partial charge on any atom is -0.483 e. The van der Waals surface area contributed by atoms with Crippen molar-refractivity contribution in [1.29, 1.82) is 0 Å². The highest BCUT2D eigenvalue weighted by molar-refractivity contribution is 5.78. The zero-order chi connectivity index (χ0) is 16.3. The Morgan fingerprint density at radius 3 is 2.36 bits per heavy atom. The third kappa shape index (κ3) is 6.75. The molecule has 0 atom stereocenters. The van der Waals surface area contributed by atoms with Crippen LogP contribution in [0.3, 0.4) is 0 Å². The molecule has 2 N–H and O–H groups in total. The number of nitrogens with zero attached hydrogens (tertiary/aromatic N) is 1. The number of ether oxygens (including phenoxy) is 1. The average molecular weight is 314 g/mol. The lowest BCUT2D eigenvalue weighted by Gasteiger charge is -2.41. The first-order chi connectivity index (χ1) is 10.7. The molecule has 0 radical (unpaired) electrons. The van der Waals surface area contributed by atoms with Crippen LogP contribution in [0.5, 0.6) is 0 Å². The molecular formula is C16H30N2O4. The maximum absolute atomic E-state index is 12.0. The van der Waals surface area contributed by atoms with Gasteiger partial charge in [-0.25, -0.2) is 0 Å². The highest BCUT2D eigenvalue weighted by atomic mass is 16.5. The lowest BCUT2D eigenvalue weighted by atomic mass is 9.81. The highest BCUT2D eigenvalue weighted by Gasteiger charge is 2.35. The van der Waals surface area contributed by atoms with Crippen molar-refractivity contribution in [1.82, 2.24) is 10.2 Å². The molecule has 1 aliphatic heterocycles. The van der Waals surface area contributed by atoms with Crippen molar-refractivity contribution in [2.45, 2.75) is 57.4 Å². The lowest BCUT2D eigenvalue weighted by molar-refractivity contribution is -0.128. The van der Waals surface area contributed by atoms with Crippen molar-refractivity contribution in [2.24, 2.45) is 0 Å². The molecule has 1 heterocycles. The van der Waals surface area contributed by atoms with Gasteiger partial charge in [0.25, 0.3) is 6.47 Å². The van der Waals surface area contributed by atoms with Gasteiger partial charge < -0.3 is 20.1 Å². The van der Waals surface area contributed by atoms with E-state index in [4.69, 9.17) is 14.6 Å². The summed E-state index contributed by atoms with van der Waals surface area (Å²) in [4.78, 5) is 22.9. The topological polar surface area (TPSA) is 78.9 Å². The zero-order valence-corrected chi connectivity index (χ0v) is 13.7. The molecule has 2 aliphatic rings. The van der Waals surface area contributed by atoms with E-state index >= 15 is 0 Å². The summed E-state index contributed by atoms with van der Waals surface area (Å²) in [5.41, 5.74) is 0.0107. The van der Waals surface area contributed by atoms with Crippen molar-refractivity contribution < 1.29 is 19.4 Å². The number of carboxylic acid groups (broad SMARTS) is 1. The third-order valence-electron chi connectivity index (χ3n) is 4.38. The first-order valence-corrected chi connectivity index (χ1v) is 8.35. The van der Waals surface area contributed by atoms with Gasteiger partial charge in [0.2, 0.25) is 5.91 Å². The molecule has 1 saturated carbocycles. The average Bonchev–Trinajstić information content (AvgIpc) is 2.99. The van der Waals surface area contributed by atoms with Crippen molar-refractivity contribution in [3.8, 4) is 0 Å². The number of likely N-dealkylation sites (tertiary alicyclic amines) is 1. The summed E-state index contributed by atoms with van der Waals surface area (Å²) in [6.45, 7) is 5.91. The van der Waals surface area contributed by atoms with Crippen LogP contribution in [0.1, 0.15) is 51.9 Å². The quantitative estimate of drug-likeness (QED) is 0.729. The Morgan fingerprint density at radius 2 is 1.82 bits per heavy atom. The molecule has 128 valence electrons. The van der Waals surface area contributed by atoms with Gasteiger partial charge in [0, 0.05) is 13.2 Å². The van der Waals surface area contributed by atoms with Gasteiger partial charge in [-0.2, -0.15) is 0 Å². The number of amides is 1. The number of carbonyl (C=O) groups is 2. The Labute approximate surface area is 133 Å². The van der Waals surface area contributed by atoms with Gasteiger partial charge in [-0.15, -0.1) is 0 Å². The molecule has 1 saturated heterocycles. The van der Waals surface area contributed by atoms with Crippen LogP contribution in [0.15, 0.2) is 0 Å². The Hall–Kier alpha value is -1.14. The van der Waals surface area contributed by atoms with E-state index in [0.29, 0.717) is 6.61 Å². The monoisotopic (exact) mass is 314 g/mol. The minimum absolute atomic E-state index is 0.0107. The summed E-state index contributed by atoms with van der Waals surface area (Å²) in [5, 5.41) is 10.2. The van der Waals surface area contributed by atoms with E-state index < -0.39 is 0 Å². The van der Waals surface area contributed by atoms with E-state index in [-0.39, 0.29) is 24.5 Å². The van der Waals surface area contributed by atoms with Crippen molar-refractivity contribution in [3.05, 3.63) is 0 Å². The van der Waals surface area contributed by atoms with Crippen LogP contribution in [-0.2, 0) is 14.3 Å². The standard InChI is InChI=1S/C15H28N2O2.CH2O2/c1-2-19-12-14(18)16-15(8-4-3-5-9-15)13-17-10-6-7-11-17;2-1-3/h2-13H2,1H3,(H,16,18);1H,(H,2,3). The molecule has 0 aromatic carbocycles. The molecular weight excluding hydrogens is 284 g/mol. The molecule has 2 fully saturated rings. The first kappa shape index (κ1) is 18.9. The SMILES string of the molecule is CCOCC(=O)NC1(CN2CCCC2)CCCCC1.O=CO. The van der Waals surface area contributed by atoms with Gasteiger partial charge in [0.1, 0.15) is 6.61 Å². The predicted molar refractivity (Wildman–Crippen MR) is 84.8 cm³/mol. The van der Waals surface area contributed by atoms with Gasteiger partial charge in [-0.1, -0.05) is 19.3 Å². The van der Waals surface area contributed by atoms with Crippen LogP contribution in [-0.4, -0.2) is 60.8 Å². The highest BCUT2D eigenvalue weighted by Crippen LogP contribution is 2.30. The zero-order valence-electron chi connectivity index (χ0n) is 13.7. The molecule has 6 heteroatoms. The second-order valence-electron chi connectivity index (χ2n) is 6.11. The fourth-order valence-corrected chi connectivity index (χ4v) is 3.45. The van der Waals surface area contributed by atoms with E-state index in [0.717, 1.165) is 19.4 Å². The molecule has 1 amide bonds. The Bertz CT molecular complexity index is 324. The van der Waals surface area contributed by atoms with Crippen molar-refractivity contribution in [2.75, 3.05) is 32.8 Å².